The Morgan fingerprint density at radius 1 is 1.16 bits per heavy atom. The number of rotatable bonds is 6. The first-order chi connectivity index (χ1) is 15.2. The van der Waals surface area contributed by atoms with Crippen molar-refractivity contribution >= 4 is 45.4 Å². The molecular formula is C24H25N3O4S. The molecule has 0 amide bonds. The first-order valence-electron chi connectivity index (χ1n) is 10.2. The number of ether oxygens (including phenoxy) is 1. The number of carbonyl (C=O) groups excluding carboxylic acids is 1. The Kier molecular flexibility index (Phi) is 5.97. The van der Waals surface area contributed by atoms with Crippen molar-refractivity contribution in [2.24, 2.45) is 0 Å². The number of hydrogen-bond acceptors (Lipinski definition) is 7. The predicted molar refractivity (Wildman–Crippen MR) is 127 cm³/mol. The smallest absolute Gasteiger partial charge is 0.326 e. The van der Waals surface area contributed by atoms with Crippen molar-refractivity contribution in [2.45, 2.75) is 44.6 Å². The number of furan rings is 1. The number of hydrogen-bond donors (Lipinski definition) is 1. The molecule has 4 rings (SSSR count). The first kappa shape index (κ1) is 22.0. The molecule has 0 radical (unpaired) electrons. The van der Waals surface area contributed by atoms with E-state index in [2.05, 4.69) is 16.4 Å². The fourth-order valence-corrected chi connectivity index (χ4v) is 4.01. The molecule has 32 heavy (non-hydrogen) atoms. The minimum Gasteiger partial charge on any atom is -0.459 e. The van der Waals surface area contributed by atoms with Gasteiger partial charge in [-0.3, -0.25) is 14.2 Å². The summed E-state index contributed by atoms with van der Waals surface area (Å²) in [6.07, 6.45) is 3.32. The quantitative estimate of drug-likeness (QED) is 0.255. The Morgan fingerprint density at radius 3 is 2.66 bits per heavy atom. The van der Waals surface area contributed by atoms with Gasteiger partial charge >= 0.3 is 5.97 Å². The van der Waals surface area contributed by atoms with Crippen molar-refractivity contribution in [3.63, 3.8) is 0 Å². The maximum Gasteiger partial charge on any atom is 0.326 e. The van der Waals surface area contributed by atoms with Crippen molar-refractivity contribution in [3.8, 4) is 0 Å². The van der Waals surface area contributed by atoms with E-state index >= 15 is 0 Å². The lowest BCUT2D eigenvalue weighted by Crippen LogP contribution is -2.32. The summed E-state index contributed by atoms with van der Waals surface area (Å²) in [7, 11) is 0. The van der Waals surface area contributed by atoms with Crippen LogP contribution in [0.3, 0.4) is 0 Å². The highest BCUT2D eigenvalue weighted by Crippen LogP contribution is 2.29. The van der Waals surface area contributed by atoms with Crippen LogP contribution in [0, 0.1) is 0 Å². The number of aromatic nitrogens is 2. The highest BCUT2D eigenvalue weighted by Gasteiger charge is 2.19. The summed E-state index contributed by atoms with van der Waals surface area (Å²) in [6, 6.07) is 13.8. The number of anilines is 1. The number of para-hydroxylation sites is 1. The monoisotopic (exact) mass is 451 g/mol. The molecule has 1 N–H and O–H groups in total. The van der Waals surface area contributed by atoms with Crippen LogP contribution >= 0.6 is 11.8 Å². The van der Waals surface area contributed by atoms with E-state index in [1.54, 1.807) is 20.8 Å². The lowest BCUT2D eigenvalue weighted by atomic mass is 10.1. The second-order valence-corrected chi connectivity index (χ2v) is 9.19. The standard InChI is InChI=1S/C24H25N3O4S/c1-24(2,3)31-21(28)14-27-22(29)18(13-26-23(27)32-4)25-12-15-9-10-20-17(11-15)16-7-5-6-8-19(16)30-20/h5-11,13,25H,12,14H2,1-4H3. The number of carbonyl (C=O) groups is 1. The number of fused-ring (bicyclic) bond motifs is 3. The van der Waals surface area contributed by atoms with Gasteiger partial charge in [-0.2, -0.15) is 0 Å². The Morgan fingerprint density at radius 2 is 1.91 bits per heavy atom. The molecule has 0 aliphatic carbocycles. The van der Waals surface area contributed by atoms with Crippen LogP contribution in [0.25, 0.3) is 21.9 Å². The number of thioether (sulfide) groups is 1. The number of nitrogens with zero attached hydrogens (tertiary/aromatic N) is 2. The summed E-state index contributed by atoms with van der Waals surface area (Å²) < 4.78 is 12.6. The van der Waals surface area contributed by atoms with Gasteiger partial charge < -0.3 is 14.5 Å². The highest BCUT2D eigenvalue weighted by molar-refractivity contribution is 7.98. The molecule has 7 nitrogen and oxygen atoms in total. The topological polar surface area (TPSA) is 86.4 Å². The Labute approximate surface area is 189 Å². The van der Waals surface area contributed by atoms with E-state index in [0.29, 0.717) is 17.4 Å². The zero-order valence-corrected chi connectivity index (χ0v) is 19.3. The minimum atomic E-state index is -0.626. The van der Waals surface area contributed by atoms with Crippen molar-refractivity contribution in [1.29, 1.82) is 0 Å². The molecule has 0 atom stereocenters. The van der Waals surface area contributed by atoms with Crippen molar-refractivity contribution in [1.82, 2.24) is 9.55 Å². The van der Waals surface area contributed by atoms with Gasteiger partial charge in [0.25, 0.3) is 5.56 Å². The SMILES string of the molecule is CSc1ncc(NCc2ccc3oc4ccccc4c3c2)c(=O)n1CC(=O)OC(C)(C)C. The number of esters is 1. The van der Waals surface area contributed by atoms with Crippen LogP contribution in [0.15, 0.2) is 63.0 Å². The first-order valence-corrected chi connectivity index (χ1v) is 11.5. The number of nitrogens with one attached hydrogen (secondary N) is 1. The highest BCUT2D eigenvalue weighted by atomic mass is 32.2. The van der Waals surface area contributed by atoms with Gasteiger partial charge in [0.1, 0.15) is 29.0 Å². The summed E-state index contributed by atoms with van der Waals surface area (Å²) >= 11 is 1.30. The van der Waals surface area contributed by atoms with Gasteiger partial charge in [0.05, 0.1) is 6.20 Å². The fourth-order valence-electron chi connectivity index (χ4n) is 3.48. The van der Waals surface area contributed by atoms with Gasteiger partial charge in [-0.1, -0.05) is 36.0 Å². The largest absolute Gasteiger partial charge is 0.459 e. The molecule has 0 saturated carbocycles. The Hall–Kier alpha value is -3.26. The van der Waals surface area contributed by atoms with Crippen molar-refractivity contribution < 1.29 is 13.9 Å². The molecule has 166 valence electrons. The molecule has 0 bridgehead atoms. The zero-order chi connectivity index (χ0) is 22.9. The van der Waals surface area contributed by atoms with E-state index in [1.165, 1.54) is 22.5 Å². The summed E-state index contributed by atoms with van der Waals surface area (Å²) in [4.78, 5) is 29.7. The second kappa shape index (κ2) is 8.70. The van der Waals surface area contributed by atoms with E-state index in [0.717, 1.165) is 27.5 Å². The molecule has 0 spiro atoms. The van der Waals surface area contributed by atoms with Crippen LogP contribution in [0.4, 0.5) is 5.69 Å². The maximum absolute atomic E-state index is 13.0. The maximum atomic E-state index is 13.0. The summed E-state index contributed by atoms with van der Waals surface area (Å²) in [5, 5.41) is 5.69. The molecule has 2 aromatic heterocycles. The van der Waals surface area contributed by atoms with E-state index in [-0.39, 0.29) is 12.1 Å². The fraction of sp³-hybridized carbons (Fsp3) is 0.292. The van der Waals surface area contributed by atoms with Gasteiger partial charge in [-0.25, -0.2) is 4.98 Å². The van der Waals surface area contributed by atoms with E-state index in [1.807, 2.05) is 42.7 Å². The minimum absolute atomic E-state index is 0.193. The van der Waals surface area contributed by atoms with Crippen LogP contribution in [0.2, 0.25) is 0 Å². The van der Waals surface area contributed by atoms with Crippen LogP contribution in [-0.4, -0.2) is 27.4 Å². The van der Waals surface area contributed by atoms with Gasteiger partial charge in [-0.05, 0) is 50.8 Å². The summed E-state index contributed by atoms with van der Waals surface area (Å²) in [5.74, 6) is -0.480. The molecule has 0 unspecified atom stereocenters. The van der Waals surface area contributed by atoms with Crippen molar-refractivity contribution in [2.75, 3.05) is 11.6 Å². The third-order valence-corrected chi connectivity index (χ3v) is 5.52. The van der Waals surface area contributed by atoms with Crippen LogP contribution in [0.5, 0.6) is 0 Å². The molecular weight excluding hydrogens is 426 g/mol. The molecule has 2 aromatic carbocycles. The normalized spacial score (nSPS) is 11.8. The lowest BCUT2D eigenvalue weighted by molar-refractivity contribution is -0.155. The lowest BCUT2D eigenvalue weighted by Gasteiger charge is -2.20. The average molecular weight is 452 g/mol. The van der Waals surface area contributed by atoms with Gasteiger partial charge in [0.15, 0.2) is 5.16 Å². The predicted octanol–water partition coefficient (Wildman–Crippen LogP) is 4.82. The van der Waals surface area contributed by atoms with Crippen LogP contribution in [0.1, 0.15) is 26.3 Å². The molecule has 0 aliphatic rings. The van der Waals surface area contributed by atoms with E-state index in [9.17, 15) is 9.59 Å². The summed E-state index contributed by atoms with van der Waals surface area (Å²) in [6.45, 7) is 5.61. The zero-order valence-electron chi connectivity index (χ0n) is 18.5. The molecule has 0 fully saturated rings. The number of benzene rings is 2. The van der Waals surface area contributed by atoms with Crippen LogP contribution in [-0.2, 0) is 22.6 Å². The Bertz CT molecular complexity index is 1350. The van der Waals surface area contributed by atoms with Crippen molar-refractivity contribution in [3.05, 3.63) is 64.6 Å². The van der Waals surface area contributed by atoms with Gasteiger partial charge in [0, 0.05) is 17.3 Å². The van der Waals surface area contributed by atoms with E-state index < -0.39 is 11.6 Å². The van der Waals surface area contributed by atoms with Crippen LogP contribution < -0.4 is 10.9 Å². The Balaban J connectivity index is 1.57. The van der Waals surface area contributed by atoms with Gasteiger partial charge in [0.2, 0.25) is 0 Å². The molecule has 4 aromatic rings. The third kappa shape index (κ3) is 4.65. The molecule has 2 heterocycles. The van der Waals surface area contributed by atoms with Gasteiger partial charge in [-0.15, -0.1) is 0 Å². The molecule has 8 heteroatoms. The third-order valence-electron chi connectivity index (χ3n) is 4.82. The average Bonchev–Trinajstić information content (AvgIpc) is 3.11. The molecule has 0 saturated heterocycles. The van der Waals surface area contributed by atoms with E-state index in [4.69, 9.17) is 9.15 Å². The summed E-state index contributed by atoms with van der Waals surface area (Å²) in [5.41, 5.74) is 2.04. The second-order valence-electron chi connectivity index (χ2n) is 8.42. The molecule has 0 aliphatic heterocycles.